The molecule has 1 aromatic rings. The summed E-state index contributed by atoms with van der Waals surface area (Å²) in [5, 5.41) is 7.67. The molecule has 2 unspecified atom stereocenters. The van der Waals surface area contributed by atoms with Crippen LogP contribution in [0.2, 0.25) is 0 Å². The van der Waals surface area contributed by atoms with Gasteiger partial charge in [0.1, 0.15) is 4.90 Å². The van der Waals surface area contributed by atoms with Gasteiger partial charge in [-0.3, -0.25) is 4.79 Å². The van der Waals surface area contributed by atoms with E-state index in [4.69, 9.17) is 5.14 Å². The Labute approximate surface area is 131 Å². The van der Waals surface area contributed by atoms with Crippen molar-refractivity contribution in [3.63, 3.8) is 0 Å². The van der Waals surface area contributed by atoms with Gasteiger partial charge in [0.2, 0.25) is 10.0 Å². The Bertz CT molecular complexity index is 678. The van der Waals surface area contributed by atoms with Crippen molar-refractivity contribution in [1.29, 1.82) is 0 Å². The smallest absolute Gasteiger partial charge is 0.254 e. The van der Waals surface area contributed by atoms with E-state index >= 15 is 0 Å². The number of rotatable bonds is 5. The van der Waals surface area contributed by atoms with Gasteiger partial charge in [-0.1, -0.05) is 29.3 Å². The normalized spacial score (nSPS) is 21.1. The van der Waals surface area contributed by atoms with E-state index in [2.05, 4.69) is 28.2 Å². The summed E-state index contributed by atoms with van der Waals surface area (Å²) in [6, 6.07) is 2.32. The minimum Gasteiger partial charge on any atom is -0.349 e. The number of sulfonamides is 1. The highest BCUT2D eigenvalue weighted by molar-refractivity contribution is 9.10. The van der Waals surface area contributed by atoms with Crippen LogP contribution >= 0.6 is 15.9 Å². The highest BCUT2D eigenvalue weighted by atomic mass is 79.9. The zero-order valence-corrected chi connectivity index (χ0v) is 13.8. The summed E-state index contributed by atoms with van der Waals surface area (Å²) in [4.78, 5) is 11.4. The van der Waals surface area contributed by atoms with Crippen LogP contribution < -0.4 is 10.5 Å². The van der Waals surface area contributed by atoms with Crippen LogP contribution in [-0.4, -0.2) is 20.4 Å². The van der Waals surface area contributed by atoms with Crippen LogP contribution in [0.1, 0.15) is 36.5 Å². The first-order valence-electron chi connectivity index (χ1n) is 6.56. The Morgan fingerprint density at radius 3 is 2.76 bits per heavy atom. The Balaban J connectivity index is 2.24. The lowest BCUT2D eigenvalue weighted by molar-refractivity contribution is 0.0944. The maximum absolute atomic E-state index is 14.2. The number of carbonyl (C=O) groups excluding carboxylic acids is 1. The fraction of sp³-hybridized carbons (Fsp3) is 0.462. The second-order valence-electron chi connectivity index (χ2n) is 5.17. The van der Waals surface area contributed by atoms with E-state index in [0.29, 0.717) is 5.92 Å². The Kier molecular flexibility index (Phi) is 4.69. The van der Waals surface area contributed by atoms with Crippen molar-refractivity contribution in [2.75, 3.05) is 0 Å². The van der Waals surface area contributed by atoms with Crippen LogP contribution in [0.15, 0.2) is 21.5 Å². The number of amides is 1. The summed E-state index contributed by atoms with van der Waals surface area (Å²) in [6.07, 6.45) is 2.91. The van der Waals surface area contributed by atoms with Crippen LogP contribution in [0.5, 0.6) is 0 Å². The van der Waals surface area contributed by atoms with E-state index in [9.17, 15) is 17.6 Å². The molecule has 0 saturated heterocycles. The van der Waals surface area contributed by atoms with Gasteiger partial charge in [0.25, 0.3) is 5.91 Å². The van der Waals surface area contributed by atoms with Gasteiger partial charge < -0.3 is 5.32 Å². The molecule has 1 saturated carbocycles. The number of hydrogen-bond acceptors (Lipinski definition) is 3. The molecule has 0 heterocycles. The summed E-state index contributed by atoms with van der Waals surface area (Å²) in [6.45, 7) is 2.06. The van der Waals surface area contributed by atoms with Crippen molar-refractivity contribution in [2.45, 2.75) is 37.1 Å². The third-order valence-corrected chi connectivity index (χ3v) is 4.82. The highest BCUT2D eigenvalue weighted by Crippen LogP contribution is 2.35. The standard InChI is InChI=1S/C13H16BrFN2O3S/c1-2-3-7-4-10(7)17-13(18)9-5-8(14)6-11(12(9)15)21(16,19)20/h5-7,10H,2-4H2,1H3,(H,17,18)(H2,16,19,20). The summed E-state index contributed by atoms with van der Waals surface area (Å²) < 4.78 is 37.1. The van der Waals surface area contributed by atoms with Gasteiger partial charge in [0.05, 0.1) is 5.56 Å². The first-order chi connectivity index (χ1) is 9.74. The van der Waals surface area contributed by atoms with Gasteiger partial charge >= 0.3 is 0 Å². The SMILES string of the molecule is CCCC1CC1NC(=O)c1cc(Br)cc(S(N)(=O)=O)c1F. The molecule has 1 fully saturated rings. The number of benzene rings is 1. The van der Waals surface area contributed by atoms with E-state index in [1.54, 1.807) is 0 Å². The van der Waals surface area contributed by atoms with Crippen LogP contribution in [0.25, 0.3) is 0 Å². The second-order valence-corrected chi connectivity index (χ2v) is 7.62. The molecule has 1 aliphatic rings. The highest BCUT2D eigenvalue weighted by Gasteiger charge is 2.38. The van der Waals surface area contributed by atoms with Crippen molar-refractivity contribution >= 4 is 31.9 Å². The molecule has 0 spiro atoms. The third-order valence-electron chi connectivity index (χ3n) is 3.45. The molecular weight excluding hydrogens is 363 g/mol. The Morgan fingerprint density at radius 1 is 1.52 bits per heavy atom. The molecule has 0 bridgehead atoms. The largest absolute Gasteiger partial charge is 0.349 e. The molecule has 1 aromatic carbocycles. The molecule has 2 rings (SSSR count). The van der Waals surface area contributed by atoms with Gasteiger partial charge in [-0.2, -0.15) is 0 Å². The van der Waals surface area contributed by atoms with Crippen LogP contribution in [0, 0.1) is 11.7 Å². The molecule has 0 aromatic heterocycles. The van der Waals surface area contributed by atoms with E-state index in [1.165, 1.54) is 6.07 Å². The summed E-state index contributed by atoms with van der Waals surface area (Å²) in [5.41, 5.74) is -0.324. The van der Waals surface area contributed by atoms with Gasteiger partial charge in [0, 0.05) is 10.5 Å². The summed E-state index contributed by atoms with van der Waals surface area (Å²) >= 11 is 3.06. The van der Waals surface area contributed by atoms with Crippen molar-refractivity contribution in [2.24, 2.45) is 11.1 Å². The Hall–Kier alpha value is -0.990. The number of hydrogen-bond donors (Lipinski definition) is 2. The number of carbonyl (C=O) groups is 1. The lowest BCUT2D eigenvalue weighted by Gasteiger charge is -2.09. The van der Waals surface area contributed by atoms with Gasteiger partial charge in [-0.25, -0.2) is 17.9 Å². The maximum Gasteiger partial charge on any atom is 0.254 e. The lowest BCUT2D eigenvalue weighted by Crippen LogP contribution is -2.28. The van der Waals surface area contributed by atoms with E-state index in [1.807, 2.05) is 0 Å². The van der Waals surface area contributed by atoms with Gasteiger partial charge in [-0.05, 0) is 30.9 Å². The van der Waals surface area contributed by atoms with Gasteiger partial charge in [-0.15, -0.1) is 0 Å². The molecular formula is C13H16BrFN2O3S. The summed E-state index contributed by atoms with van der Waals surface area (Å²) in [5.74, 6) is -1.32. The molecule has 116 valence electrons. The molecule has 1 amide bonds. The van der Waals surface area contributed by atoms with Crippen molar-refractivity contribution in [3.8, 4) is 0 Å². The summed E-state index contributed by atoms with van der Waals surface area (Å²) in [7, 11) is -4.23. The predicted molar refractivity (Wildman–Crippen MR) is 79.7 cm³/mol. The molecule has 5 nitrogen and oxygen atoms in total. The molecule has 2 atom stereocenters. The molecule has 1 aliphatic carbocycles. The van der Waals surface area contributed by atoms with Crippen LogP contribution in [0.3, 0.4) is 0 Å². The van der Waals surface area contributed by atoms with E-state index < -0.39 is 26.6 Å². The molecule has 21 heavy (non-hydrogen) atoms. The Morgan fingerprint density at radius 2 is 2.19 bits per heavy atom. The predicted octanol–water partition coefficient (Wildman–Crippen LogP) is 2.15. The molecule has 8 heteroatoms. The lowest BCUT2D eigenvalue weighted by atomic mass is 10.2. The van der Waals surface area contributed by atoms with Crippen LogP contribution in [0.4, 0.5) is 4.39 Å². The number of nitrogens with one attached hydrogen (secondary N) is 1. The number of primary sulfonamides is 1. The average Bonchev–Trinajstić information content (AvgIpc) is 3.08. The molecule has 3 N–H and O–H groups in total. The van der Waals surface area contributed by atoms with E-state index in [-0.39, 0.29) is 16.1 Å². The monoisotopic (exact) mass is 378 g/mol. The maximum atomic E-state index is 14.2. The van der Waals surface area contributed by atoms with Crippen LogP contribution in [-0.2, 0) is 10.0 Å². The van der Waals surface area contributed by atoms with Crippen molar-refractivity contribution in [1.82, 2.24) is 5.32 Å². The fourth-order valence-electron chi connectivity index (χ4n) is 2.30. The quantitative estimate of drug-likeness (QED) is 0.822. The van der Waals surface area contributed by atoms with Crippen molar-refractivity contribution < 1.29 is 17.6 Å². The second kappa shape index (κ2) is 6.02. The van der Waals surface area contributed by atoms with E-state index in [0.717, 1.165) is 25.3 Å². The zero-order chi connectivity index (χ0) is 15.8. The first kappa shape index (κ1) is 16.4. The van der Waals surface area contributed by atoms with Crippen molar-refractivity contribution in [3.05, 3.63) is 28.0 Å². The third kappa shape index (κ3) is 3.81. The minimum atomic E-state index is -4.23. The molecule has 0 radical (unpaired) electrons. The topological polar surface area (TPSA) is 89.3 Å². The molecule has 0 aliphatic heterocycles. The minimum absolute atomic E-state index is 0.0359. The fourth-order valence-corrected chi connectivity index (χ4v) is 3.56. The average molecular weight is 379 g/mol. The number of nitrogens with two attached hydrogens (primary N) is 1. The zero-order valence-electron chi connectivity index (χ0n) is 11.4. The number of halogens is 2. The first-order valence-corrected chi connectivity index (χ1v) is 8.90. The van der Waals surface area contributed by atoms with Gasteiger partial charge in [0.15, 0.2) is 5.82 Å².